The molecule has 4 aromatic rings. The van der Waals surface area contributed by atoms with Crippen molar-refractivity contribution in [3.8, 4) is 0 Å². The summed E-state index contributed by atoms with van der Waals surface area (Å²) in [6.07, 6.45) is 1.38. The first kappa shape index (κ1) is 20.9. The second-order valence-electron chi connectivity index (χ2n) is 6.96. The molecule has 0 bridgehead atoms. The number of thiazole rings is 1. The number of benzene rings is 1. The third-order valence-corrected chi connectivity index (χ3v) is 6.05. The topological polar surface area (TPSA) is 105 Å². The average Bonchev–Trinajstić information content (AvgIpc) is 3.32. The summed E-state index contributed by atoms with van der Waals surface area (Å²) in [7, 11) is 2.93. The largest absolute Gasteiger partial charge is 0.380 e. The van der Waals surface area contributed by atoms with Crippen LogP contribution in [0.15, 0.2) is 45.2 Å². The van der Waals surface area contributed by atoms with Crippen molar-refractivity contribution < 1.29 is 9.53 Å². The lowest BCUT2D eigenvalue weighted by atomic mass is 10.3. The van der Waals surface area contributed by atoms with Crippen LogP contribution in [0.4, 0.5) is 0 Å². The Labute approximate surface area is 180 Å². The van der Waals surface area contributed by atoms with Crippen LogP contribution in [0.3, 0.4) is 0 Å². The molecule has 1 amide bonds. The molecule has 0 unspecified atom stereocenters. The van der Waals surface area contributed by atoms with Crippen molar-refractivity contribution in [2.75, 3.05) is 13.2 Å². The molecule has 0 aliphatic carbocycles. The number of aryl methyl sites for hydroxylation is 1. The number of nitrogens with zero attached hydrogens (tertiary/aromatic N) is 6. The van der Waals surface area contributed by atoms with Crippen LogP contribution >= 0.6 is 11.3 Å². The van der Waals surface area contributed by atoms with E-state index in [1.54, 1.807) is 0 Å². The smallest absolute Gasteiger partial charge is 0.332 e. The lowest BCUT2D eigenvalue weighted by Crippen LogP contribution is -2.37. The quantitative estimate of drug-likeness (QED) is 0.407. The fourth-order valence-corrected chi connectivity index (χ4v) is 4.50. The lowest BCUT2D eigenvalue weighted by molar-refractivity contribution is -0.118. The van der Waals surface area contributed by atoms with Crippen molar-refractivity contribution in [3.05, 3.63) is 56.2 Å². The standard InChI is InChI=1S/C20H22N6O4S/c1-4-30-10-9-26-13-7-5-6-8-14(13)31-19(26)22-15(27)11-25-12-21-17-16(25)18(28)24(3)20(29)23(17)2/h5-8,12H,4,9-11H2,1-3H3. The fourth-order valence-electron chi connectivity index (χ4n) is 3.43. The second-order valence-corrected chi connectivity index (χ2v) is 7.97. The number of para-hydroxylation sites is 1. The summed E-state index contributed by atoms with van der Waals surface area (Å²) in [6, 6.07) is 7.84. The number of aromatic nitrogens is 5. The third-order valence-electron chi connectivity index (χ3n) is 4.99. The van der Waals surface area contributed by atoms with Gasteiger partial charge in [-0.05, 0) is 19.1 Å². The highest BCUT2D eigenvalue weighted by atomic mass is 32.1. The zero-order valence-electron chi connectivity index (χ0n) is 17.4. The molecule has 0 fully saturated rings. The molecule has 11 heteroatoms. The van der Waals surface area contributed by atoms with Crippen LogP contribution in [0.25, 0.3) is 21.4 Å². The molecule has 31 heavy (non-hydrogen) atoms. The van der Waals surface area contributed by atoms with Gasteiger partial charge in [-0.25, -0.2) is 9.78 Å². The maximum Gasteiger partial charge on any atom is 0.332 e. The van der Waals surface area contributed by atoms with Gasteiger partial charge in [0.25, 0.3) is 11.5 Å². The molecule has 1 aromatic carbocycles. The number of hydrogen-bond donors (Lipinski definition) is 0. The van der Waals surface area contributed by atoms with E-state index in [4.69, 9.17) is 4.74 Å². The normalized spacial score (nSPS) is 12.3. The highest BCUT2D eigenvalue weighted by Gasteiger charge is 2.16. The number of fused-ring (bicyclic) bond motifs is 2. The van der Waals surface area contributed by atoms with Gasteiger partial charge in [0.15, 0.2) is 16.0 Å². The Bertz CT molecular complexity index is 1470. The lowest BCUT2D eigenvalue weighted by Gasteiger charge is -2.06. The molecule has 0 saturated carbocycles. The van der Waals surface area contributed by atoms with Crippen molar-refractivity contribution in [1.29, 1.82) is 0 Å². The highest BCUT2D eigenvalue weighted by Crippen LogP contribution is 2.16. The maximum atomic E-state index is 12.8. The van der Waals surface area contributed by atoms with E-state index in [1.165, 1.54) is 40.9 Å². The van der Waals surface area contributed by atoms with E-state index in [-0.39, 0.29) is 17.7 Å². The van der Waals surface area contributed by atoms with E-state index in [9.17, 15) is 14.4 Å². The van der Waals surface area contributed by atoms with Crippen LogP contribution in [0.1, 0.15) is 6.92 Å². The zero-order chi connectivity index (χ0) is 22.1. The van der Waals surface area contributed by atoms with Crippen molar-refractivity contribution in [3.63, 3.8) is 0 Å². The molecule has 3 heterocycles. The van der Waals surface area contributed by atoms with Crippen LogP contribution in [0.5, 0.6) is 0 Å². The Morgan fingerprint density at radius 1 is 1.19 bits per heavy atom. The number of hydrogen-bond acceptors (Lipinski definition) is 6. The van der Waals surface area contributed by atoms with E-state index in [0.717, 1.165) is 14.8 Å². The Morgan fingerprint density at radius 2 is 1.97 bits per heavy atom. The SMILES string of the molecule is CCOCCn1c(=NC(=O)Cn2cnc3c2c(=O)n(C)c(=O)n3C)sc2ccccc21. The van der Waals surface area contributed by atoms with Gasteiger partial charge in [0, 0.05) is 27.2 Å². The average molecular weight is 443 g/mol. The van der Waals surface area contributed by atoms with Gasteiger partial charge in [-0.15, -0.1) is 0 Å². The van der Waals surface area contributed by atoms with Gasteiger partial charge < -0.3 is 13.9 Å². The Balaban J connectivity index is 1.74. The van der Waals surface area contributed by atoms with Gasteiger partial charge >= 0.3 is 5.69 Å². The van der Waals surface area contributed by atoms with Crippen LogP contribution < -0.4 is 16.1 Å². The van der Waals surface area contributed by atoms with Crippen LogP contribution in [-0.2, 0) is 36.7 Å². The van der Waals surface area contributed by atoms with Gasteiger partial charge in [0.1, 0.15) is 6.54 Å². The molecule has 0 spiro atoms. The summed E-state index contributed by atoms with van der Waals surface area (Å²) in [5.41, 5.74) is 0.426. The summed E-state index contributed by atoms with van der Waals surface area (Å²) in [5, 5.41) is 0. The van der Waals surface area contributed by atoms with Crippen molar-refractivity contribution in [2.24, 2.45) is 19.1 Å². The number of carbonyl (C=O) groups excluding carboxylic acids is 1. The first-order chi connectivity index (χ1) is 14.9. The molecule has 4 rings (SSSR count). The summed E-state index contributed by atoms with van der Waals surface area (Å²) >= 11 is 1.42. The molecule has 0 aliphatic rings. The molecule has 162 valence electrons. The van der Waals surface area contributed by atoms with Gasteiger partial charge in [-0.1, -0.05) is 23.5 Å². The molecule has 10 nitrogen and oxygen atoms in total. The van der Waals surface area contributed by atoms with Crippen molar-refractivity contribution in [1.82, 2.24) is 23.3 Å². The monoisotopic (exact) mass is 442 g/mol. The van der Waals surface area contributed by atoms with E-state index in [1.807, 2.05) is 35.8 Å². The van der Waals surface area contributed by atoms with E-state index >= 15 is 0 Å². The summed E-state index contributed by atoms with van der Waals surface area (Å²) in [4.78, 5) is 46.5. The first-order valence-corrected chi connectivity index (χ1v) is 10.6. The number of amides is 1. The Morgan fingerprint density at radius 3 is 2.74 bits per heavy atom. The minimum Gasteiger partial charge on any atom is -0.380 e. The molecular weight excluding hydrogens is 420 g/mol. The van der Waals surface area contributed by atoms with Crippen LogP contribution in [0, 0.1) is 0 Å². The van der Waals surface area contributed by atoms with E-state index in [2.05, 4.69) is 9.98 Å². The second kappa shape index (κ2) is 8.44. The molecule has 0 atom stereocenters. The summed E-state index contributed by atoms with van der Waals surface area (Å²) in [5.74, 6) is -0.424. The van der Waals surface area contributed by atoms with Gasteiger partial charge in [-0.3, -0.25) is 18.7 Å². The minimum atomic E-state index is -0.503. The third kappa shape index (κ3) is 3.77. The molecule has 0 radical (unpaired) electrons. The predicted octanol–water partition coefficient (Wildman–Crippen LogP) is 0.614. The Kier molecular flexibility index (Phi) is 5.70. The molecule has 0 saturated heterocycles. The van der Waals surface area contributed by atoms with Gasteiger partial charge in [-0.2, -0.15) is 4.99 Å². The number of ether oxygens (including phenoxy) is 1. The predicted molar refractivity (Wildman–Crippen MR) is 117 cm³/mol. The number of rotatable bonds is 6. The molecule has 0 aliphatic heterocycles. The maximum absolute atomic E-state index is 12.8. The van der Waals surface area contributed by atoms with E-state index < -0.39 is 17.2 Å². The highest BCUT2D eigenvalue weighted by molar-refractivity contribution is 7.16. The van der Waals surface area contributed by atoms with Crippen LogP contribution in [0.2, 0.25) is 0 Å². The number of carbonyl (C=O) groups is 1. The van der Waals surface area contributed by atoms with E-state index in [0.29, 0.717) is 24.6 Å². The van der Waals surface area contributed by atoms with Gasteiger partial charge in [0.05, 0.1) is 23.2 Å². The molecule has 3 aromatic heterocycles. The van der Waals surface area contributed by atoms with Crippen molar-refractivity contribution >= 4 is 38.6 Å². The minimum absolute atomic E-state index is 0.163. The fraction of sp³-hybridized carbons (Fsp3) is 0.350. The van der Waals surface area contributed by atoms with Crippen molar-refractivity contribution in [2.45, 2.75) is 20.0 Å². The Hall–Kier alpha value is -3.31. The summed E-state index contributed by atoms with van der Waals surface area (Å²) < 4.78 is 12.2. The molecule has 0 N–H and O–H groups in total. The van der Waals surface area contributed by atoms with Crippen LogP contribution in [-0.4, -0.2) is 42.4 Å². The summed E-state index contributed by atoms with van der Waals surface area (Å²) in [6.45, 7) is 3.46. The van der Waals surface area contributed by atoms with Gasteiger partial charge in [0.2, 0.25) is 0 Å². The number of imidazole rings is 1. The first-order valence-electron chi connectivity index (χ1n) is 9.77. The molecular formula is C20H22N6O4S. The zero-order valence-corrected chi connectivity index (χ0v) is 18.3.